The summed E-state index contributed by atoms with van der Waals surface area (Å²) in [5.74, 6) is -0.485. The summed E-state index contributed by atoms with van der Waals surface area (Å²) in [5, 5.41) is 9.14. The Kier molecular flexibility index (Phi) is 3.87. The van der Waals surface area contributed by atoms with E-state index in [1.165, 1.54) is 11.8 Å². The molecule has 0 aromatic heterocycles. The first-order chi connectivity index (χ1) is 8.52. The summed E-state index contributed by atoms with van der Waals surface area (Å²) in [4.78, 5) is 25.5. The van der Waals surface area contributed by atoms with Crippen LogP contribution in [0.5, 0.6) is 0 Å². The molecule has 2 fully saturated rings. The molecule has 3 N–H and O–H groups in total. The van der Waals surface area contributed by atoms with Gasteiger partial charge in [-0.05, 0) is 19.8 Å². The summed E-state index contributed by atoms with van der Waals surface area (Å²) in [6, 6.07) is -0.693. The van der Waals surface area contributed by atoms with Crippen molar-refractivity contribution in [3.63, 3.8) is 0 Å². The number of amides is 1. The number of carboxylic acid groups (broad SMARTS) is 1. The van der Waals surface area contributed by atoms with E-state index >= 15 is 0 Å². The number of thioether (sulfide) groups is 1. The number of carboxylic acids is 1. The molecule has 18 heavy (non-hydrogen) atoms. The predicted octanol–water partition coefficient (Wildman–Crippen LogP) is 0.880. The van der Waals surface area contributed by atoms with Crippen molar-refractivity contribution in [1.82, 2.24) is 4.90 Å². The van der Waals surface area contributed by atoms with Gasteiger partial charge in [0, 0.05) is 12.3 Å². The molecule has 5 nitrogen and oxygen atoms in total. The normalized spacial score (nSPS) is 30.7. The van der Waals surface area contributed by atoms with Gasteiger partial charge in [0.15, 0.2) is 0 Å². The van der Waals surface area contributed by atoms with Gasteiger partial charge in [0.05, 0.1) is 10.8 Å². The molecule has 0 radical (unpaired) electrons. The molecule has 2 aliphatic rings. The fourth-order valence-corrected chi connectivity index (χ4v) is 4.14. The molecule has 1 aliphatic carbocycles. The van der Waals surface area contributed by atoms with Crippen molar-refractivity contribution in [3.8, 4) is 0 Å². The van der Waals surface area contributed by atoms with Crippen LogP contribution in [0.2, 0.25) is 0 Å². The van der Waals surface area contributed by atoms with E-state index in [2.05, 4.69) is 0 Å². The lowest BCUT2D eigenvalue weighted by atomic mass is 9.84. The Morgan fingerprint density at radius 1 is 1.44 bits per heavy atom. The van der Waals surface area contributed by atoms with E-state index in [-0.39, 0.29) is 11.3 Å². The zero-order chi connectivity index (χ0) is 13.3. The van der Waals surface area contributed by atoms with Gasteiger partial charge in [-0.15, -0.1) is 11.8 Å². The van der Waals surface area contributed by atoms with Crippen molar-refractivity contribution in [2.75, 3.05) is 12.3 Å². The van der Waals surface area contributed by atoms with E-state index in [1.807, 2.05) is 6.92 Å². The highest BCUT2D eigenvalue weighted by Crippen LogP contribution is 2.42. The molecule has 102 valence electrons. The van der Waals surface area contributed by atoms with Crippen molar-refractivity contribution in [2.45, 2.75) is 44.0 Å². The second kappa shape index (κ2) is 5.09. The number of rotatable bonds is 3. The third kappa shape index (κ3) is 2.12. The molecule has 2 unspecified atom stereocenters. The van der Waals surface area contributed by atoms with Crippen LogP contribution in [0.4, 0.5) is 0 Å². The monoisotopic (exact) mass is 272 g/mol. The highest BCUT2D eigenvalue weighted by atomic mass is 32.2. The summed E-state index contributed by atoms with van der Waals surface area (Å²) in [7, 11) is 0. The summed E-state index contributed by atoms with van der Waals surface area (Å²) < 4.78 is 0. The Hall–Kier alpha value is -0.750. The SMILES string of the molecule is CC1SCC(C(=O)O)N1C(=O)C1(CN)CCCC1. The molecular weight excluding hydrogens is 252 g/mol. The van der Waals surface area contributed by atoms with Gasteiger partial charge in [-0.25, -0.2) is 4.79 Å². The van der Waals surface area contributed by atoms with Crippen LogP contribution in [0.15, 0.2) is 0 Å². The van der Waals surface area contributed by atoms with Gasteiger partial charge in [0.1, 0.15) is 6.04 Å². The molecule has 1 saturated heterocycles. The average molecular weight is 272 g/mol. The first-order valence-electron chi connectivity index (χ1n) is 6.39. The standard InChI is InChI=1S/C12H20N2O3S/c1-8-14(9(6-18-8)10(15)16)11(17)12(7-13)4-2-3-5-12/h8-9H,2-7,13H2,1H3,(H,15,16). The summed E-state index contributed by atoms with van der Waals surface area (Å²) in [6.07, 6.45) is 3.61. The topological polar surface area (TPSA) is 83.6 Å². The maximum absolute atomic E-state index is 12.7. The first-order valence-corrected chi connectivity index (χ1v) is 7.44. The molecule has 0 spiro atoms. The summed E-state index contributed by atoms with van der Waals surface area (Å²) >= 11 is 1.52. The first kappa shape index (κ1) is 13.7. The van der Waals surface area contributed by atoms with E-state index in [1.54, 1.807) is 4.90 Å². The molecule has 2 atom stereocenters. The van der Waals surface area contributed by atoms with Gasteiger partial charge in [-0.2, -0.15) is 0 Å². The van der Waals surface area contributed by atoms with Crippen LogP contribution in [-0.2, 0) is 9.59 Å². The second-order valence-corrected chi connectivity index (χ2v) is 6.54. The third-order valence-corrected chi connectivity index (χ3v) is 5.37. The van der Waals surface area contributed by atoms with E-state index in [4.69, 9.17) is 5.73 Å². The third-order valence-electron chi connectivity index (χ3n) is 4.15. The molecule has 2 rings (SSSR count). The molecule has 1 aliphatic heterocycles. The van der Waals surface area contributed by atoms with Crippen LogP contribution in [0.1, 0.15) is 32.6 Å². The lowest BCUT2D eigenvalue weighted by Gasteiger charge is -2.35. The Bertz CT molecular complexity index is 355. The minimum atomic E-state index is -0.912. The van der Waals surface area contributed by atoms with Crippen molar-refractivity contribution in [1.29, 1.82) is 0 Å². The molecule has 1 amide bonds. The van der Waals surface area contributed by atoms with Crippen molar-refractivity contribution in [2.24, 2.45) is 11.1 Å². The van der Waals surface area contributed by atoms with Crippen LogP contribution < -0.4 is 5.73 Å². The van der Waals surface area contributed by atoms with Crippen LogP contribution in [0.25, 0.3) is 0 Å². The zero-order valence-electron chi connectivity index (χ0n) is 10.6. The van der Waals surface area contributed by atoms with Crippen molar-refractivity contribution >= 4 is 23.6 Å². The van der Waals surface area contributed by atoms with Gasteiger partial charge in [0.2, 0.25) is 5.91 Å². The number of nitrogens with two attached hydrogens (primary N) is 1. The van der Waals surface area contributed by atoms with Crippen molar-refractivity contribution in [3.05, 3.63) is 0 Å². The Morgan fingerprint density at radius 3 is 2.56 bits per heavy atom. The second-order valence-electron chi connectivity index (χ2n) is 5.19. The highest BCUT2D eigenvalue weighted by Gasteiger charge is 2.49. The van der Waals surface area contributed by atoms with E-state index in [9.17, 15) is 14.7 Å². The molecule has 1 saturated carbocycles. The number of hydrogen-bond donors (Lipinski definition) is 2. The van der Waals surface area contributed by atoms with E-state index in [0.29, 0.717) is 12.3 Å². The molecule has 0 aromatic carbocycles. The number of aliphatic carboxylic acids is 1. The smallest absolute Gasteiger partial charge is 0.327 e. The molecule has 6 heteroatoms. The summed E-state index contributed by atoms with van der Waals surface area (Å²) in [6.45, 7) is 2.22. The van der Waals surface area contributed by atoms with Crippen LogP contribution in [0, 0.1) is 5.41 Å². The largest absolute Gasteiger partial charge is 0.480 e. The lowest BCUT2D eigenvalue weighted by molar-refractivity contribution is -0.153. The van der Waals surface area contributed by atoms with Gasteiger partial charge in [0.25, 0.3) is 0 Å². The molecule has 1 heterocycles. The fourth-order valence-electron chi connectivity index (χ4n) is 2.97. The minimum Gasteiger partial charge on any atom is -0.480 e. The summed E-state index contributed by atoms with van der Waals surface area (Å²) in [5.41, 5.74) is 5.30. The van der Waals surface area contributed by atoms with Gasteiger partial charge in [-0.3, -0.25) is 4.79 Å². The van der Waals surface area contributed by atoms with Crippen LogP contribution >= 0.6 is 11.8 Å². The Morgan fingerprint density at radius 2 is 2.06 bits per heavy atom. The van der Waals surface area contributed by atoms with E-state index < -0.39 is 17.4 Å². The van der Waals surface area contributed by atoms with Crippen LogP contribution in [-0.4, -0.2) is 45.6 Å². The maximum atomic E-state index is 12.7. The zero-order valence-corrected chi connectivity index (χ0v) is 11.4. The Balaban J connectivity index is 2.23. The van der Waals surface area contributed by atoms with Crippen LogP contribution in [0.3, 0.4) is 0 Å². The number of nitrogens with zero attached hydrogens (tertiary/aromatic N) is 1. The van der Waals surface area contributed by atoms with Crippen molar-refractivity contribution < 1.29 is 14.7 Å². The Labute approximate surface area is 111 Å². The molecular formula is C12H20N2O3S. The number of carbonyl (C=O) groups is 2. The van der Waals surface area contributed by atoms with E-state index in [0.717, 1.165) is 25.7 Å². The van der Waals surface area contributed by atoms with Gasteiger partial charge in [-0.1, -0.05) is 12.8 Å². The van der Waals surface area contributed by atoms with Gasteiger partial charge < -0.3 is 15.7 Å². The number of carbonyl (C=O) groups excluding carboxylic acids is 1. The fraction of sp³-hybridized carbons (Fsp3) is 0.833. The molecule has 0 bridgehead atoms. The maximum Gasteiger partial charge on any atom is 0.327 e. The quantitative estimate of drug-likeness (QED) is 0.797. The minimum absolute atomic E-state index is 0.0487. The number of hydrogen-bond acceptors (Lipinski definition) is 4. The molecule has 0 aromatic rings. The lowest BCUT2D eigenvalue weighted by Crippen LogP contribution is -2.53. The predicted molar refractivity (Wildman–Crippen MR) is 70.1 cm³/mol. The average Bonchev–Trinajstić information content (AvgIpc) is 2.95. The highest BCUT2D eigenvalue weighted by molar-refractivity contribution is 8.00. The van der Waals surface area contributed by atoms with Gasteiger partial charge >= 0.3 is 5.97 Å².